The van der Waals surface area contributed by atoms with Crippen molar-refractivity contribution in [1.29, 1.82) is 0 Å². The van der Waals surface area contributed by atoms with E-state index < -0.39 is 0 Å². The molecule has 0 radical (unpaired) electrons. The second-order valence-electron chi connectivity index (χ2n) is 3.54. The molecule has 0 aliphatic carbocycles. The van der Waals surface area contributed by atoms with Crippen LogP contribution in [0.1, 0.15) is 10.5 Å². The molecule has 1 amide bonds. The van der Waals surface area contributed by atoms with Gasteiger partial charge in [-0.25, -0.2) is 5.01 Å². The molecule has 2 N–H and O–H groups in total. The molecule has 0 bridgehead atoms. The van der Waals surface area contributed by atoms with E-state index in [1.54, 1.807) is 28.2 Å². The van der Waals surface area contributed by atoms with Crippen molar-refractivity contribution >= 4 is 5.91 Å². The summed E-state index contributed by atoms with van der Waals surface area (Å²) in [7, 11) is 0. The molecule has 0 spiro atoms. The van der Waals surface area contributed by atoms with E-state index in [9.17, 15) is 4.79 Å². The van der Waals surface area contributed by atoms with Gasteiger partial charge in [-0.3, -0.25) is 15.6 Å². The number of carbonyl (C=O) groups is 1. The molecule has 80 valence electrons. The van der Waals surface area contributed by atoms with Crippen LogP contribution in [0.15, 0.2) is 24.4 Å². The first-order chi connectivity index (χ1) is 7.27. The van der Waals surface area contributed by atoms with Crippen LogP contribution in [0.5, 0.6) is 0 Å². The minimum atomic E-state index is -0.0105. The predicted octanol–water partition coefficient (Wildman–Crippen LogP) is -0.287. The number of nitrogens with zero attached hydrogens (tertiary/aromatic N) is 3. The zero-order valence-electron chi connectivity index (χ0n) is 8.47. The Morgan fingerprint density at radius 3 is 2.60 bits per heavy atom. The van der Waals surface area contributed by atoms with Crippen LogP contribution in [0.2, 0.25) is 0 Å². The van der Waals surface area contributed by atoms with E-state index in [4.69, 9.17) is 5.84 Å². The highest BCUT2D eigenvalue weighted by molar-refractivity contribution is 5.92. The van der Waals surface area contributed by atoms with Crippen LogP contribution in [0.25, 0.3) is 0 Å². The monoisotopic (exact) mass is 206 g/mol. The first kappa shape index (κ1) is 10.1. The van der Waals surface area contributed by atoms with E-state index in [2.05, 4.69) is 4.98 Å². The van der Waals surface area contributed by atoms with Crippen molar-refractivity contribution in [3.63, 3.8) is 0 Å². The molecule has 0 aromatic carbocycles. The molecule has 1 fully saturated rings. The fraction of sp³-hybridized carbons (Fsp3) is 0.400. The summed E-state index contributed by atoms with van der Waals surface area (Å²) in [5.41, 5.74) is 0.503. The topological polar surface area (TPSA) is 62.5 Å². The van der Waals surface area contributed by atoms with Crippen molar-refractivity contribution in [1.82, 2.24) is 14.9 Å². The Kier molecular flexibility index (Phi) is 2.94. The summed E-state index contributed by atoms with van der Waals surface area (Å²) in [5.74, 6) is 5.61. The van der Waals surface area contributed by atoms with Crippen molar-refractivity contribution in [2.24, 2.45) is 5.84 Å². The molecule has 5 nitrogen and oxygen atoms in total. The van der Waals surface area contributed by atoms with E-state index >= 15 is 0 Å². The van der Waals surface area contributed by atoms with Crippen molar-refractivity contribution in [3.05, 3.63) is 30.1 Å². The van der Waals surface area contributed by atoms with Crippen LogP contribution in [-0.2, 0) is 0 Å². The molecule has 1 aromatic rings. The van der Waals surface area contributed by atoms with E-state index in [0.717, 1.165) is 13.1 Å². The van der Waals surface area contributed by atoms with Crippen LogP contribution in [0.4, 0.5) is 0 Å². The third kappa shape index (κ3) is 2.31. The maximum absolute atomic E-state index is 11.9. The first-order valence-corrected chi connectivity index (χ1v) is 4.97. The number of amides is 1. The number of carbonyl (C=O) groups excluding carboxylic acids is 1. The zero-order valence-corrected chi connectivity index (χ0v) is 8.47. The lowest BCUT2D eigenvalue weighted by molar-refractivity contribution is 0.0632. The van der Waals surface area contributed by atoms with Gasteiger partial charge in [0.15, 0.2) is 0 Å². The van der Waals surface area contributed by atoms with Gasteiger partial charge in [-0.2, -0.15) is 0 Å². The second-order valence-corrected chi connectivity index (χ2v) is 3.54. The molecule has 1 aliphatic rings. The smallest absolute Gasteiger partial charge is 0.272 e. The summed E-state index contributed by atoms with van der Waals surface area (Å²) in [6.45, 7) is 2.79. The Morgan fingerprint density at radius 2 is 2.00 bits per heavy atom. The first-order valence-electron chi connectivity index (χ1n) is 4.97. The Morgan fingerprint density at radius 1 is 1.27 bits per heavy atom. The molecule has 2 heterocycles. The third-order valence-electron chi connectivity index (χ3n) is 2.49. The van der Waals surface area contributed by atoms with Crippen LogP contribution in [-0.4, -0.2) is 47.0 Å². The van der Waals surface area contributed by atoms with Crippen LogP contribution >= 0.6 is 0 Å². The van der Waals surface area contributed by atoms with Gasteiger partial charge in [-0.1, -0.05) is 6.07 Å². The van der Waals surface area contributed by atoms with Gasteiger partial charge in [0.2, 0.25) is 0 Å². The predicted molar refractivity (Wildman–Crippen MR) is 55.9 cm³/mol. The summed E-state index contributed by atoms with van der Waals surface area (Å²) < 4.78 is 0. The summed E-state index contributed by atoms with van der Waals surface area (Å²) in [5, 5.41) is 1.72. The van der Waals surface area contributed by atoms with Crippen LogP contribution in [0, 0.1) is 0 Å². The van der Waals surface area contributed by atoms with Gasteiger partial charge >= 0.3 is 0 Å². The number of hydrazine groups is 1. The fourth-order valence-corrected chi connectivity index (χ4v) is 1.58. The lowest BCUT2D eigenvalue weighted by atomic mass is 10.3. The second kappa shape index (κ2) is 4.37. The maximum Gasteiger partial charge on any atom is 0.272 e. The maximum atomic E-state index is 11.9. The van der Waals surface area contributed by atoms with Crippen molar-refractivity contribution in [2.45, 2.75) is 0 Å². The third-order valence-corrected chi connectivity index (χ3v) is 2.49. The number of hydrogen-bond donors (Lipinski definition) is 1. The van der Waals surface area contributed by atoms with E-state index in [1.165, 1.54) is 0 Å². The van der Waals surface area contributed by atoms with Crippen molar-refractivity contribution < 1.29 is 4.79 Å². The van der Waals surface area contributed by atoms with Crippen molar-refractivity contribution in [3.8, 4) is 0 Å². The lowest BCUT2D eigenvalue weighted by Gasteiger charge is -2.31. The summed E-state index contributed by atoms with van der Waals surface area (Å²) in [4.78, 5) is 17.7. The molecule has 0 unspecified atom stereocenters. The van der Waals surface area contributed by atoms with E-state index in [1.807, 2.05) is 6.07 Å². The standard InChI is InChI=1S/C10H14N4O/c11-14-7-5-13(6-8-14)10(15)9-3-1-2-4-12-9/h1-4H,5-8,11H2. The molecule has 15 heavy (non-hydrogen) atoms. The normalized spacial score (nSPS) is 17.8. The minimum absolute atomic E-state index is 0.0105. The average Bonchev–Trinajstić information content (AvgIpc) is 2.30. The number of nitrogens with two attached hydrogens (primary N) is 1. The van der Waals surface area contributed by atoms with Gasteiger partial charge in [-0.15, -0.1) is 0 Å². The quantitative estimate of drug-likeness (QED) is 0.641. The van der Waals surface area contributed by atoms with Gasteiger partial charge in [0, 0.05) is 32.4 Å². The van der Waals surface area contributed by atoms with Gasteiger partial charge in [0.25, 0.3) is 5.91 Å². The summed E-state index contributed by atoms with van der Waals surface area (Å²) >= 11 is 0. The largest absolute Gasteiger partial charge is 0.335 e. The van der Waals surface area contributed by atoms with Gasteiger partial charge in [0.05, 0.1) is 0 Å². The van der Waals surface area contributed by atoms with Crippen molar-refractivity contribution in [2.75, 3.05) is 26.2 Å². The zero-order chi connectivity index (χ0) is 10.7. The highest BCUT2D eigenvalue weighted by Gasteiger charge is 2.20. The Labute approximate surface area is 88.5 Å². The van der Waals surface area contributed by atoms with Gasteiger partial charge in [0.1, 0.15) is 5.69 Å². The van der Waals surface area contributed by atoms with Crippen LogP contribution in [0.3, 0.4) is 0 Å². The Balaban J connectivity index is 2.03. The SMILES string of the molecule is NN1CCN(C(=O)c2ccccn2)CC1. The highest BCUT2D eigenvalue weighted by atomic mass is 16.2. The molecule has 5 heteroatoms. The number of hydrogen-bond acceptors (Lipinski definition) is 4. The number of rotatable bonds is 1. The number of aromatic nitrogens is 1. The highest BCUT2D eigenvalue weighted by Crippen LogP contribution is 2.04. The summed E-state index contributed by atoms with van der Waals surface area (Å²) in [6.07, 6.45) is 1.63. The Bertz CT molecular complexity index is 333. The Hall–Kier alpha value is -1.46. The minimum Gasteiger partial charge on any atom is -0.335 e. The van der Waals surface area contributed by atoms with Crippen LogP contribution < -0.4 is 5.84 Å². The fourth-order valence-electron chi connectivity index (χ4n) is 1.58. The summed E-state index contributed by atoms with van der Waals surface area (Å²) in [6, 6.07) is 5.35. The number of pyridine rings is 1. The molecular weight excluding hydrogens is 192 g/mol. The number of piperazine rings is 1. The lowest BCUT2D eigenvalue weighted by Crippen LogP contribution is -2.51. The van der Waals surface area contributed by atoms with Gasteiger partial charge in [-0.05, 0) is 12.1 Å². The molecule has 0 atom stereocenters. The molecule has 1 saturated heterocycles. The van der Waals surface area contributed by atoms with Gasteiger partial charge < -0.3 is 4.90 Å². The molecular formula is C10H14N4O. The molecule has 0 saturated carbocycles. The molecule has 2 rings (SSSR count). The van der Waals surface area contributed by atoms with E-state index in [-0.39, 0.29) is 5.91 Å². The molecule has 1 aliphatic heterocycles. The van der Waals surface area contributed by atoms with E-state index in [0.29, 0.717) is 18.8 Å². The molecule has 1 aromatic heterocycles. The average molecular weight is 206 g/mol.